The Hall–Kier alpha value is -2.04. The molecule has 2 rings (SSSR count). The summed E-state index contributed by atoms with van der Waals surface area (Å²) in [5, 5.41) is 25.9. The molecule has 0 atom stereocenters. The molecule has 0 bridgehead atoms. The van der Waals surface area contributed by atoms with Crippen molar-refractivity contribution in [3.63, 3.8) is 0 Å². The first kappa shape index (κ1) is 14.4. The topological polar surface area (TPSA) is 65.2 Å². The zero-order valence-electron chi connectivity index (χ0n) is 10.2. The van der Waals surface area contributed by atoms with Crippen molar-refractivity contribution in [2.75, 3.05) is 0 Å². The lowest BCUT2D eigenvalue weighted by atomic mass is 10.00. The maximum absolute atomic E-state index is 9.20. The average Bonchev–Trinajstić information content (AvgIpc) is 2.47. The third kappa shape index (κ3) is 3.10. The quantitative estimate of drug-likeness (QED) is 0.510. The minimum Gasteiger partial charge on any atom is -0.410 e. The molecule has 0 aliphatic heterocycles. The average molecular weight is 309 g/mol. The van der Waals surface area contributed by atoms with E-state index >= 15 is 0 Å². The second kappa shape index (κ2) is 6.41. The highest BCUT2D eigenvalue weighted by Gasteiger charge is 2.15. The lowest BCUT2D eigenvalue weighted by Gasteiger charge is -2.07. The molecule has 102 valence electrons. The van der Waals surface area contributed by atoms with E-state index in [9.17, 15) is 10.4 Å². The van der Waals surface area contributed by atoms with Crippen molar-refractivity contribution in [3.8, 4) is 0 Å². The summed E-state index contributed by atoms with van der Waals surface area (Å²) in [4.78, 5) is 0. The van der Waals surface area contributed by atoms with Crippen LogP contribution >= 0.6 is 23.2 Å². The standard InChI is InChI=1S/C14H10Cl2N2O2/c15-11-5-1-9(2-6-11)13(17-19)14(18-20)10-3-7-12(16)8-4-10/h1-8,19-20H/b17-13-,18-14+. The van der Waals surface area contributed by atoms with Crippen molar-refractivity contribution < 1.29 is 10.4 Å². The molecule has 20 heavy (non-hydrogen) atoms. The zero-order chi connectivity index (χ0) is 14.5. The van der Waals surface area contributed by atoms with Gasteiger partial charge in [0.15, 0.2) is 0 Å². The number of hydrogen-bond acceptors (Lipinski definition) is 4. The van der Waals surface area contributed by atoms with Crippen molar-refractivity contribution >= 4 is 34.6 Å². The number of hydrogen-bond donors (Lipinski definition) is 2. The second-order valence-corrected chi connectivity index (χ2v) is 4.78. The van der Waals surface area contributed by atoms with Crippen molar-refractivity contribution in [1.29, 1.82) is 0 Å². The van der Waals surface area contributed by atoms with Gasteiger partial charge in [0, 0.05) is 21.2 Å². The van der Waals surface area contributed by atoms with Crippen LogP contribution in [0, 0.1) is 0 Å². The molecule has 0 fully saturated rings. The molecule has 0 radical (unpaired) electrons. The molecule has 2 N–H and O–H groups in total. The van der Waals surface area contributed by atoms with Crippen LogP contribution in [0.4, 0.5) is 0 Å². The summed E-state index contributed by atoms with van der Waals surface area (Å²) in [6.07, 6.45) is 0. The van der Waals surface area contributed by atoms with Crippen LogP contribution in [0.3, 0.4) is 0 Å². The Kier molecular flexibility index (Phi) is 4.61. The monoisotopic (exact) mass is 308 g/mol. The SMILES string of the molecule is O/N=C(\C(=N\O)c1ccc(Cl)cc1)c1ccc(Cl)cc1. The predicted molar refractivity (Wildman–Crippen MR) is 79.6 cm³/mol. The summed E-state index contributed by atoms with van der Waals surface area (Å²) in [6.45, 7) is 0. The number of nitrogens with zero attached hydrogens (tertiary/aromatic N) is 2. The van der Waals surface area contributed by atoms with E-state index in [0.29, 0.717) is 21.2 Å². The van der Waals surface area contributed by atoms with E-state index in [0.717, 1.165) is 0 Å². The van der Waals surface area contributed by atoms with Gasteiger partial charge in [-0.15, -0.1) is 0 Å². The predicted octanol–water partition coefficient (Wildman–Crippen LogP) is 4.05. The number of halogens is 2. The summed E-state index contributed by atoms with van der Waals surface area (Å²) < 4.78 is 0. The molecule has 0 saturated heterocycles. The molecule has 6 heteroatoms. The van der Waals surface area contributed by atoms with E-state index in [2.05, 4.69) is 10.3 Å². The lowest BCUT2D eigenvalue weighted by molar-refractivity contribution is 0.314. The fraction of sp³-hybridized carbons (Fsp3) is 0. The second-order valence-electron chi connectivity index (χ2n) is 3.91. The van der Waals surface area contributed by atoms with Gasteiger partial charge in [0.1, 0.15) is 11.4 Å². The first-order chi connectivity index (χ1) is 9.65. The molecule has 0 aliphatic carbocycles. The Bertz CT molecular complexity index is 590. The van der Waals surface area contributed by atoms with Gasteiger partial charge in [0.05, 0.1) is 0 Å². The van der Waals surface area contributed by atoms with Crippen LogP contribution in [-0.2, 0) is 0 Å². The van der Waals surface area contributed by atoms with Gasteiger partial charge in [0.25, 0.3) is 0 Å². The van der Waals surface area contributed by atoms with Crippen LogP contribution in [0.15, 0.2) is 58.8 Å². The first-order valence-electron chi connectivity index (χ1n) is 5.62. The summed E-state index contributed by atoms with van der Waals surface area (Å²) in [5.41, 5.74) is 1.40. The minimum absolute atomic E-state index is 0.131. The summed E-state index contributed by atoms with van der Waals surface area (Å²) in [7, 11) is 0. The molecule has 4 nitrogen and oxygen atoms in total. The fourth-order valence-corrected chi connectivity index (χ4v) is 1.95. The van der Waals surface area contributed by atoms with Crippen molar-refractivity contribution in [1.82, 2.24) is 0 Å². The third-order valence-electron chi connectivity index (χ3n) is 2.66. The van der Waals surface area contributed by atoms with Crippen molar-refractivity contribution in [2.24, 2.45) is 10.3 Å². The normalized spacial score (nSPS) is 12.5. The van der Waals surface area contributed by atoms with E-state index in [1.165, 1.54) is 0 Å². The van der Waals surface area contributed by atoms with Gasteiger partial charge < -0.3 is 10.4 Å². The number of oxime groups is 2. The van der Waals surface area contributed by atoms with Crippen LogP contribution in [0.5, 0.6) is 0 Å². The van der Waals surface area contributed by atoms with E-state index in [1.807, 2.05) is 0 Å². The van der Waals surface area contributed by atoms with Crippen LogP contribution < -0.4 is 0 Å². The van der Waals surface area contributed by atoms with Crippen LogP contribution in [-0.4, -0.2) is 21.8 Å². The van der Waals surface area contributed by atoms with Crippen LogP contribution in [0.2, 0.25) is 10.0 Å². The van der Waals surface area contributed by atoms with E-state index in [1.54, 1.807) is 48.5 Å². The molecule has 0 aliphatic rings. The number of rotatable bonds is 3. The molecule has 0 spiro atoms. The molecule has 0 heterocycles. The molecular formula is C14H10Cl2N2O2. The fourth-order valence-electron chi connectivity index (χ4n) is 1.70. The Morgan fingerprint density at radius 2 is 0.950 bits per heavy atom. The van der Waals surface area contributed by atoms with Gasteiger partial charge in [-0.1, -0.05) is 57.8 Å². The zero-order valence-corrected chi connectivity index (χ0v) is 11.7. The van der Waals surface area contributed by atoms with Gasteiger partial charge in [-0.05, 0) is 24.3 Å². The highest BCUT2D eigenvalue weighted by Crippen LogP contribution is 2.15. The van der Waals surface area contributed by atoms with Crippen LogP contribution in [0.1, 0.15) is 11.1 Å². The highest BCUT2D eigenvalue weighted by molar-refractivity contribution is 6.53. The smallest absolute Gasteiger partial charge is 0.139 e. The van der Waals surface area contributed by atoms with Gasteiger partial charge >= 0.3 is 0 Å². The van der Waals surface area contributed by atoms with Gasteiger partial charge in [-0.3, -0.25) is 0 Å². The molecule has 0 aromatic heterocycles. The first-order valence-corrected chi connectivity index (χ1v) is 6.37. The van der Waals surface area contributed by atoms with Crippen molar-refractivity contribution in [2.45, 2.75) is 0 Å². The molecule has 0 amide bonds. The largest absolute Gasteiger partial charge is 0.410 e. The van der Waals surface area contributed by atoms with E-state index < -0.39 is 0 Å². The molecule has 2 aromatic carbocycles. The maximum atomic E-state index is 9.20. The third-order valence-corrected chi connectivity index (χ3v) is 3.16. The maximum Gasteiger partial charge on any atom is 0.139 e. The Balaban J connectivity index is 2.44. The van der Waals surface area contributed by atoms with E-state index in [-0.39, 0.29) is 11.4 Å². The van der Waals surface area contributed by atoms with Gasteiger partial charge in [-0.2, -0.15) is 0 Å². The highest BCUT2D eigenvalue weighted by atomic mass is 35.5. The molecule has 0 saturated carbocycles. The van der Waals surface area contributed by atoms with Crippen LogP contribution in [0.25, 0.3) is 0 Å². The van der Waals surface area contributed by atoms with Gasteiger partial charge in [0.2, 0.25) is 0 Å². The van der Waals surface area contributed by atoms with E-state index in [4.69, 9.17) is 23.2 Å². The number of benzene rings is 2. The molecular weight excluding hydrogens is 299 g/mol. The Morgan fingerprint density at radius 3 is 1.20 bits per heavy atom. The molecule has 0 unspecified atom stereocenters. The lowest BCUT2D eigenvalue weighted by Crippen LogP contribution is -2.17. The van der Waals surface area contributed by atoms with Crippen molar-refractivity contribution in [3.05, 3.63) is 69.7 Å². The summed E-state index contributed by atoms with van der Waals surface area (Å²) in [5.74, 6) is 0. The minimum atomic E-state index is 0.131. The summed E-state index contributed by atoms with van der Waals surface area (Å²) in [6, 6.07) is 13.3. The molecule has 2 aromatic rings. The summed E-state index contributed by atoms with van der Waals surface area (Å²) >= 11 is 11.6. The van der Waals surface area contributed by atoms with Gasteiger partial charge in [-0.25, -0.2) is 0 Å². The Labute approximate surface area is 125 Å². The Morgan fingerprint density at radius 1 is 0.650 bits per heavy atom.